The molecule has 0 bridgehead atoms. The molecule has 4 aliphatic rings. The summed E-state index contributed by atoms with van der Waals surface area (Å²) in [6, 6.07) is -4.58. The van der Waals surface area contributed by atoms with Crippen LogP contribution in [0, 0.1) is 23.7 Å². The van der Waals surface area contributed by atoms with E-state index in [1.807, 2.05) is 20.8 Å². The number of nitrogens with zero attached hydrogens (tertiary/aromatic N) is 7. The Balaban J connectivity index is 1.55. The Morgan fingerprint density at radius 3 is 1.88 bits per heavy atom. The highest BCUT2D eigenvalue weighted by Crippen LogP contribution is 2.37. The minimum Gasteiger partial charge on any atom is -0.351 e. The minimum atomic E-state index is -4.74. The molecule has 4 N–H and O–H groups in total. The van der Waals surface area contributed by atoms with E-state index in [0.717, 1.165) is 49.1 Å². The van der Waals surface area contributed by atoms with Crippen molar-refractivity contribution in [2.24, 2.45) is 23.7 Å². The number of alkyl halides is 3. The summed E-state index contributed by atoms with van der Waals surface area (Å²) in [5.74, 6) is -7.73. The second kappa shape index (κ2) is 33.4. The van der Waals surface area contributed by atoms with Gasteiger partial charge in [0.05, 0.1) is 30.2 Å². The number of hydrogen-bond acceptors (Lipinski definition) is 11. The molecule has 1 unspecified atom stereocenters. The van der Waals surface area contributed by atoms with Gasteiger partial charge in [-0.15, -0.1) is 0 Å². The molecule has 0 aromatic heterocycles. The van der Waals surface area contributed by atoms with Gasteiger partial charge in [0.1, 0.15) is 41.8 Å². The number of halogens is 4. The molecular formula is C65H101ClF3N11O11. The predicted octanol–water partition coefficient (Wildman–Crippen LogP) is 5.55. The number of carbonyl (C=O) groups excluding carboxylic acids is 11. The maximum absolute atomic E-state index is 15.0. The highest BCUT2D eigenvalue weighted by molar-refractivity contribution is 6.31. The standard InChI is InChI=1S/C65H101ClF3N11O11/c1-14-41(7)55-62(90)75(10)37-54(84)79(15-2)38-53(83)77(12)50(35-43-22-17-16-18-23-43)61(89)74(9)36-51(81)71-47(28-26-44-25-27-45(46(66)34-44)65(67,68)69)60(88)80-31-21-24-48(80)58(86)73-64(29-19-20-30-64)63(91)78(13)56(40(5)6)59(87)70-42(8)33-52(82)76(11)49(32-39(3)4)57(85)72-55/h25,27,34,39-43,47-50,55-56H,14-24,26,28-33,35-38H2,1-13H3,(H,70,87)(H,71,81)(H,72,85)(H,73,86)/t41-,42+,47-,48?,49-,50-,55-,56-/m0/s1. The van der Waals surface area contributed by atoms with Gasteiger partial charge in [-0.2, -0.15) is 13.2 Å². The van der Waals surface area contributed by atoms with Gasteiger partial charge in [-0.25, -0.2) is 0 Å². The zero-order valence-corrected chi connectivity index (χ0v) is 56.5. The van der Waals surface area contributed by atoms with Crippen LogP contribution in [-0.4, -0.2) is 215 Å². The summed E-state index contributed by atoms with van der Waals surface area (Å²) < 4.78 is 41.3. The molecule has 2 saturated heterocycles. The number of fused-ring (bicyclic) bond motifs is 1. The Morgan fingerprint density at radius 2 is 1.30 bits per heavy atom. The van der Waals surface area contributed by atoms with Crippen LogP contribution in [0.5, 0.6) is 0 Å². The van der Waals surface area contributed by atoms with Crippen molar-refractivity contribution < 1.29 is 65.9 Å². The van der Waals surface area contributed by atoms with E-state index in [0.29, 0.717) is 31.2 Å². The second-order valence-corrected chi connectivity index (χ2v) is 27.1. The molecule has 5 rings (SSSR count). The van der Waals surface area contributed by atoms with Crippen LogP contribution in [0.2, 0.25) is 5.02 Å². The number of benzene rings is 1. The van der Waals surface area contributed by atoms with Crippen molar-refractivity contribution in [3.05, 3.63) is 34.3 Å². The first-order chi connectivity index (χ1) is 42.7. The van der Waals surface area contributed by atoms with Gasteiger partial charge in [-0.1, -0.05) is 111 Å². The van der Waals surface area contributed by atoms with Gasteiger partial charge >= 0.3 is 6.18 Å². The molecule has 91 heavy (non-hydrogen) atoms. The lowest BCUT2D eigenvalue weighted by Gasteiger charge is -2.39. The maximum Gasteiger partial charge on any atom is 0.417 e. The fourth-order valence-corrected chi connectivity index (χ4v) is 13.6. The third kappa shape index (κ3) is 19.8. The van der Waals surface area contributed by atoms with Crippen LogP contribution in [0.1, 0.15) is 169 Å². The lowest BCUT2D eigenvalue weighted by atomic mass is 9.84. The first kappa shape index (κ1) is 75.2. The number of aryl methyl sites for hydroxylation is 1. The first-order valence-electron chi connectivity index (χ1n) is 32.6. The zero-order valence-electron chi connectivity index (χ0n) is 55.8. The highest BCUT2D eigenvalue weighted by Gasteiger charge is 2.50. The smallest absolute Gasteiger partial charge is 0.351 e. The van der Waals surface area contributed by atoms with Crippen LogP contribution in [0.15, 0.2) is 18.2 Å². The molecule has 0 radical (unpaired) electrons. The van der Waals surface area contributed by atoms with Crippen LogP contribution in [0.4, 0.5) is 13.2 Å². The first-order valence-corrected chi connectivity index (χ1v) is 33.0. The van der Waals surface area contributed by atoms with E-state index in [2.05, 4.69) is 21.3 Å². The Hall–Kier alpha value is -6.53. The molecule has 2 heterocycles. The van der Waals surface area contributed by atoms with Gasteiger partial charge in [0.2, 0.25) is 65.0 Å². The Kier molecular flexibility index (Phi) is 27.6. The SMILES string of the molecule is CC[C@H](C)[C@@H]1NC(=O)[C@H](CC(C)C)N(C)C(=O)C[C@@H](C)NC(=O)[C@H](C(C)C)N(C)C(=O)C2(CCCC2)NC(=O)C2CCCN2C(=O)[C@H](CCc2ccc(C(F)(F)F)c(Cl)c2)NC(=O)CN(C)C(=O)[C@H](CC2CCCCC2)N(C)C(=O)CN(CC)C(=O)CN(C)C1=O. The fourth-order valence-electron chi connectivity index (χ4n) is 13.3. The highest BCUT2D eigenvalue weighted by atomic mass is 35.5. The molecule has 1 spiro atoms. The van der Waals surface area contributed by atoms with E-state index in [-0.39, 0.29) is 76.3 Å². The lowest BCUT2D eigenvalue weighted by Crippen LogP contribution is -2.64. The maximum atomic E-state index is 15.0. The molecule has 2 saturated carbocycles. The van der Waals surface area contributed by atoms with Gasteiger partial charge in [0, 0.05) is 60.8 Å². The van der Waals surface area contributed by atoms with Gasteiger partial charge in [0.15, 0.2) is 0 Å². The largest absolute Gasteiger partial charge is 0.417 e. The molecule has 22 nitrogen and oxygen atoms in total. The summed E-state index contributed by atoms with van der Waals surface area (Å²) >= 11 is 6.12. The van der Waals surface area contributed by atoms with E-state index in [1.54, 1.807) is 34.6 Å². The molecule has 4 fully saturated rings. The van der Waals surface area contributed by atoms with Crippen LogP contribution in [0.25, 0.3) is 0 Å². The van der Waals surface area contributed by atoms with Crippen molar-refractivity contribution in [3.63, 3.8) is 0 Å². The molecule has 2 aliphatic heterocycles. The van der Waals surface area contributed by atoms with Crippen molar-refractivity contribution in [1.82, 2.24) is 55.6 Å². The molecule has 2 aliphatic carbocycles. The molecule has 1 aromatic carbocycles. The summed E-state index contributed by atoms with van der Waals surface area (Å²) in [7, 11) is 7.20. The Bertz CT molecular complexity index is 2780. The van der Waals surface area contributed by atoms with E-state index in [1.165, 1.54) is 70.7 Å². The second-order valence-electron chi connectivity index (χ2n) is 26.7. The Morgan fingerprint density at radius 1 is 0.670 bits per heavy atom. The molecule has 11 amide bonds. The minimum absolute atomic E-state index is 0.0334. The van der Waals surface area contributed by atoms with E-state index in [9.17, 15) is 61.1 Å². The van der Waals surface area contributed by atoms with Crippen molar-refractivity contribution in [1.29, 1.82) is 0 Å². The van der Waals surface area contributed by atoms with Crippen molar-refractivity contribution in [2.75, 3.05) is 68.0 Å². The van der Waals surface area contributed by atoms with Gasteiger partial charge < -0.3 is 55.6 Å². The van der Waals surface area contributed by atoms with Crippen molar-refractivity contribution in [2.45, 2.75) is 219 Å². The van der Waals surface area contributed by atoms with Gasteiger partial charge in [0.25, 0.3) is 0 Å². The summed E-state index contributed by atoms with van der Waals surface area (Å²) in [5.41, 5.74) is -2.25. The summed E-state index contributed by atoms with van der Waals surface area (Å²) in [6.07, 6.45) is 2.07. The number of rotatable bonds is 11. The van der Waals surface area contributed by atoms with E-state index >= 15 is 4.79 Å². The molecular weight excluding hydrogens is 1200 g/mol. The Labute approximate surface area is 540 Å². The summed E-state index contributed by atoms with van der Waals surface area (Å²) in [5, 5.41) is 11.0. The van der Waals surface area contributed by atoms with Gasteiger partial charge in [-0.05, 0) is 107 Å². The number of likely N-dealkylation sites (N-methyl/N-ethyl adjacent to an activating group) is 6. The number of amides is 11. The molecule has 26 heteroatoms. The van der Waals surface area contributed by atoms with Crippen LogP contribution >= 0.6 is 11.6 Å². The average molecular weight is 1310 g/mol. The number of nitrogens with one attached hydrogen (secondary N) is 4. The summed E-state index contributed by atoms with van der Waals surface area (Å²) in [4.78, 5) is 169. The topological polar surface area (TPSA) is 259 Å². The molecule has 8 atom stereocenters. The normalized spacial score (nSPS) is 26.2. The van der Waals surface area contributed by atoms with Crippen LogP contribution in [-0.2, 0) is 65.3 Å². The van der Waals surface area contributed by atoms with Crippen molar-refractivity contribution in [3.8, 4) is 0 Å². The number of hydrogen-bond donors (Lipinski definition) is 4. The fraction of sp³-hybridized carbons (Fsp3) is 0.738. The van der Waals surface area contributed by atoms with Gasteiger partial charge in [-0.3, -0.25) is 52.7 Å². The third-order valence-corrected chi connectivity index (χ3v) is 19.2. The molecule has 510 valence electrons. The monoisotopic (exact) mass is 1300 g/mol. The molecule has 1 aromatic rings. The third-order valence-electron chi connectivity index (χ3n) is 18.9. The quantitative estimate of drug-likeness (QED) is 0.213. The van der Waals surface area contributed by atoms with Crippen molar-refractivity contribution >= 4 is 76.6 Å². The van der Waals surface area contributed by atoms with Crippen LogP contribution in [0.3, 0.4) is 0 Å². The lowest BCUT2D eigenvalue weighted by molar-refractivity contribution is -0.150. The summed E-state index contributed by atoms with van der Waals surface area (Å²) in [6.45, 7) is 12.7. The van der Waals surface area contributed by atoms with E-state index < -0.39 is 161 Å². The predicted molar refractivity (Wildman–Crippen MR) is 337 cm³/mol. The van der Waals surface area contributed by atoms with Crippen LogP contribution < -0.4 is 21.3 Å². The average Bonchev–Trinajstić information content (AvgIpc) is 1.95. The zero-order chi connectivity index (χ0) is 68.0. The number of carbonyl (C=O) groups is 11. The van der Waals surface area contributed by atoms with E-state index in [4.69, 9.17) is 11.6 Å².